The summed E-state index contributed by atoms with van der Waals surface area (Å²) in [6.07, 6.45) is 5.13. The summed E-state index contributed by atoms with van der Waals surface area (Å²) in [5, 5.41) is 0. The van der Waals surface area contributed by atoms with Crippen molar-refractivity contribution >= 4 is 0 Å². The number of hydrogen-bond acceptors (Lipinski definition) is 2. The maximum atomic E-state index is 5.46. The Morgan fingerprint density at radius 2 is 2.15 bits per heavy atom. The van der Waals surface area contributed by atoms with Gasteiger partial charge in [-0.05, 0) is 19.1 Å². The fourth-order valence-corrected chi connectivity index (χ4v) is 1.43. The molecule has 2 nitrogen and oxygen atoms in total. The Hall–Kier alpha value is -1.62. The predicted octanol–water partition coefficient (Wildman–Crippen LogP) is 2.09. The van der Waals surface area contributed by atoms with Gasteiger partial charge in [-0.25, -0.2) is 0 Å². The second-order valence-electron chi connectivity index (χ2n) is 3.01. The lowest BCUT2D eigenvalue weighted by Gasteiger charge is -2.03. The van der Waals surface area contributed by atoms with Gasteiger partial charge in [0.05, 0.1) is 0 Å². The first-order valence-corrected chi connectivity index (χ1v) is 4.16. The van der Waals surface area contributed by atoms with Crippen LogP contribution in [0.15, 0.2) is 12.1 Å². The Morgan fingerprint density at radius 3 is 2.85 bits per heavy atom. The van der Waals surface area contributed by atoms with Gasteiger partial charge in [0.2, 0.25) is 6.29 Å². The summed E-state index contributed by atoms with van der Waals surface area (Å²) in [5.41, 5.74) is 1.83. The van der Waals surface area contributed by atoms with Crippen molar-refractivity contribution in [2.45, 2.75) is 20.1 Å². The molecule has 1 aromatic rings. The molecule has 0 saturated carbocycles. The summed E-state index contributed by atoms with van der Waals surface area (Å²) in [7, 11) is 0. The third kappa shape index (κ3) is 1.13. The molecule has 1 atom stereocenters. The van der Waals surface area contributed by atoms with Crippen molar-refractivity contribution in [2.24, 2.45) is 0 Å². The van der Waals surface area contributed by atoms with Gasteiger partial charge in [-0.1, -0.05) is 5.92 Å². The zero-order chi connectivity index (χ0) is 9.42. The molecule has 0 fully saturated rings. The Morgan fingerprint density at radius 1 is 1.38 bits per heavy atom. The van der Waals surface area contributed by atoms with Crippen LogP contribution in [0.1, 0.15) is 18.1 Å². The molecular formula is C11H10O2. The SMILES string of the molecule is C#Cc1ccc2c(c1C)OC(C)O2. The van der Waals surface area contributed by atoms with E-state index in [0.29, 0.717) is 0 Å². The summed E-state index contributed by atoms with van der Waals surface area (Å²) >= 11 is 0. The van der Waals surface area contributed by atoms with E-state index in [1.807, 2.05) is 26.0 Å². The van der Waals surface area contributed by atoms with Crippen molar-refractivity contribution in [3.63, 3.8) is 0 Å². The average molecular weight is 174 g/mol. The number of rotatable bonds is 0. The fourth-order valence-electron chi connectivity index (χ4n) is 1.43. The molecular weight excluding hydrogens is 164 g/mol. The number of benzene rings is 1. The fraction of sp³-hybridized carbons (Fsp3) is 0.273. The van der Waals surface area contributed by atoms with Crippen molar-refractivity contribution in [1.29, 1.82) is 0 Å². The minimum Gasteiger partial charge on any atom is -0.451 e. The van der Waals surface area contributed by atoms with Crippen LogP contribution in [0, 0.1) is 19.3 Å². The van der Waals surface area contributed by atoms with Gasteiger partial charge < -0.3 is 9.47 Å². The van der Waals surface area contributed by atoms with Crippen molar-refractivity contribution in [3.05, 3.63) is 23.3 Å². The van der Waals surface area contributed by atoms with Crippen molar-refractivity contribution in [3.8, 4) is 23.8 Å². The van der Waals surface area contributed by atoms with Crippen LogP contribution in [0.25, 0.3) is 0 Å². The van der Waals surface area contributed by atoms with Gasteiger partial charge in [0.25, 0.3) is 0 Å². The standard InChI is InChI=1S/C11H10O2/c1-4-9-5-6-10-11(7(9)2)13-8(3)12-10/h1,5-6,8H,2-3H3. The number of terminal acetylenes is 1. The minimum atomic E-state index is -0.207. The lowest BCUT2D eigenvalue weighted by Crippen LogP contribution is -2.11. The molecule has 0 amide bonds. The van der Waals surface area contributed by atoms with Crippen molar-refractivity contribution in [2.75, 3.05) is 0 Å². The Kier molecular flexibility index (Phi) is 1.66. The quantitative estimate of drug-likeness (QED) is 0.561. The molecule has 0 N–H and O–H groups in total. The highest BCUT2D eigenvalue weighted by molar-refractivity contribution is 5.55. The molecule has 0 bridgehead atoms. The third-order valence-electron chi connectivity index (χ3n) is 2.10. The molecule has 0 aromatic heterocycles. The molecule has 1 aliphatic heterocycles. The van der Waals surface area contributed by atoms with Gasteiger partial charge in [0.1, 0.15) is 0 Å². The van der Waals surface area contributed by atoms with Gasteiger partial charge >= 0.3 is 0 Å². The predicted molar refractivity (Wildman–Crippen MR) is 49.8 cm³/mol. The van der Waals surface area contributed by atoms with Crippen LogP contribution in [-0.4, -0.2) is 6.29 Å². The van der Waals surface area contributed by atoms with Crippen molar-refractivity contribution in [1.82, 2.24) is 0 Å². The highest BCUT2D eigenvalue weighted by Gasteiger charge is 2.22. The summed E-state index contributed by atoms with van der Waals surface area (Å²) in [4.78, 5) is 0. The molecule has 66 valence electrons. The zero-order valence-corrected chi connectivity index (χ0v) is 7.63. The number of fused-ring (bicyclic) bond motifs is 1. The van der Waals surface area contributed by atoms with Crippen molar-refractivity contribution < 1.29 is 9.47 Å². The summed E-state index contributed by atoms with van der Waals surface area (Å²) in [5.74, 6) is 4.17. The van der Waals surface area contributed by atoms with E-state index in [-0.39, 0.29) is 6.29 Å². The van der Waals surface area contributed by atoms with Gasteiger partial charge in [-0.2, -0.15) is 0 Å². The largest absolute Gasteiger partial charge is 0.451 e. The maximum absolute atomic E-state index is 5.46. The van der Waals surface area contributed by atoms with Crippen LogP contribution in [-0.2, 0) is 0 Å². The zero-order valence-electron chi connectivity index (χ0n) is 7.63. The summed E-state index contributed by atoms with van der Waals surface area (Å²) in [6.45, 7) is 3.80. The first-order chi connectivity index (χ1) is 6.22. The van der Waals surface area contributed by atoms with Crippen LogP contribution in [0.3, 0.4) is 0 Å². The number of ether oxygens (including phenoxy) is 2. The normalized spacial score (nSPS) is 18.4. The van der Waals surface area contributed by atoms with Gasteiger partial charge in [-0.3, -0.25) is 0 Å². The van der Waals surface area contributed by atoms with E-state index in [2.05, 4.69) is 5.92 Å². The molecule has 13 heavy (non-hydrogen) atoms. The van der Waals surface area contributed by atoms with E-state index in [0.717, 1.165) is 22.6 Å². The monoisotopic (exact) mass is 174 g/mol. The maximum Gasteiger partial charge on any atom is 0.238 e. The molecule has 2 rings (SSSR count). The highest BCUT2D eigenvalue weighted by atomic mass is 16.7. The molecule has 0 saturated heterocycles. The molecule has 0 aliphatic carbocycles. The van der Waals surface area contributed by atoms with E-state index in [9.17, 15) is 0 Å². The van der Waals surface area contributed by atoms with Gasteiger partial charge in [-0.15, -0.1) is 6.42 Å². The smallest absolute Gasteiger partial charge is 0.238 e. The van der Waals surface area contributed by atoms with Crippen LogP contribution in [0.2, 0.25) is 0 Å². The summed E-state index contributed by atoms with van der Waals surface area (Å²) < 4.78 is 10.9. The molecule has 0 radical (unpaired) electrons. The van der Waals surface area contributed by atoms with E-state index < -0.39 is 0 Å². The van der Waals surface area contributed by atoms with Crippen LogP contribution >= 0.6 is 0 Å². The molecule has 1 aromatic carbocycles. The van der Waals surface area contributed by atoms with E-state index in [1.165, 1.54) is 0 Å². The topological polar surface area (TPSA) is 18.5 Å². The lowest BCUT2D eigenvalue weighted by atomic mass is 10.1. The second-order valence-corrected chi connectivity index (χ2v) is 3.01. The van der Waals surface area contributed by atoms with E-state index in [1.54, 1.807) is 0 Å². The van der Waals surface area contributed by atoms with Gasteiger partial charge in [0.15, 0.2) is 11.5 Å². The molecule has 1 unspecified atom stereocenters. The molecule has 1 aliphatic rings. The van der Waals surface area contributed by atoms with Crippen LogP contribution < -0.4 is 9.47 Å². The molecule has 0 spiro atoms. The Labute approximate surface area is 77.5 Å². The lowest BCUT2D eigenvalue weighted by molar-refractivity contribution is 0.0675. The minimum absolute atomic E-state index is 0.207. The summed E-state index contributed by atoms with van der Waals surface area (Å²) in [6, 6.07) is 3.72. The third-order valence-corrected chi connectivity index (χ3v) is 2.10. The number of hydrogen-bond donors (Lipinski definition) is 0. The van der Waals surface area contributed by atoms with Gasteiger partial charge in [0, 0.05) is 18.1 Å². The van der Waals surface area contributed by atoms with Crippen LogP contribution in [0.4, 0.5) is 0 Å². The van der Waals surface area contributed by atoms with Crippen LogP contribution in [0.5, 0.6) is 11.5 Å². The Bertz CT molecular complexity index is 388. The molecule has 1 heterocycles. The van der Waals surface area contributed by atoms with E-state index >= 15 is 0 Å². The first-order valence-electron chi connectivity index (χ1n) is 4.16. The average Bonchev–Trinajstić information content (AvgIpc) is 2.47. The second kappa shape index (κ2) is 2.70. The highest BCUT2D eigenvalue weighted by Crippen LogP contribution is 2.38. The van der Waals surface area contributed by atoms with E-state index in [4.69, 9.17) is 15.9 Å². The first kappa shape index (κ1) is 8.00. The molecule has 2 heteroatoms. The Balaban J connectivity index is 2.56.